The topological polar surface area (TPSA) is 41.5 Å². The van der Waals surface area contributed by atoms with Crippen molar-refractivity contribution in [2.75, 3.05) is 6.54 Å². The number of benzene rings is 1. The number of isothiocyanates is 1. The number of carbonyl (C=O) groups is 1. The number of amides is 1. The lowest BCUT2D eigenvalue weighted by atomic mass is 10.2. The van der Waals surface area contributed by atoms with Gasteiger partial charge in [-0.05, 0) is 30.6 Å². The van der Waals surface area contributed by atoms with Crippen molar-refractivity contribution in [2.24, 2.45) is 4.99 Å². The van der Waals surface area contributed by atoms with Gasteiger partial charge >= 0.3 is 0 Å². The first kappa shape index (κ1) is 13.6. The van der Waals surface area contributed by atoms with Crippen LogP contribution in [0.25, 0.3) is 0 Å². The van der Waals surface area contributed by atoms with Crippen LogP contribution in [0.4, 0.5) is 0 Å². The third-order valence-corrected chi connectivity index (χ3v) is 2.45. The van der Waals surface area contributed by atoms with Gasteiger partial charge in [-0.15, -0.1) is 0 Å². The summed E-state index contributed by atoms with van der Waals surface area (Å²) in [5.41, 5.74) is 1.12. The molecule has 0 aliphatic rings. The number of nitrogens with one attached hydrogen (secondary N) is 1. The summed E-state index contributed by atoms with van der Waals surface area (Å²) in [6.07, 6.45) is 2.25. The first-order valence-corrected chi connectivity index (χ1v) is 6.08. The van der Waals surface area contributed by atoms with E-state index < -0.39 is 0 Å². The van der Waals surface area contributed by atoms with E-state index in [1.807, 2.05) is 30.3 Å². The van der Waals surface area contributed by atoms with Crippen molar-refractivity contribution in [2.45, 2.75) is 25.8 Å². The van der Waals surface area contributed by atoms with Gasteiger partial charge in [-0.1, -0.05) is 30.3 Å². The zero-order valence-electron chi connectivity index (χ0n) is 9.69. The summed E-state index contributed by atoms with van der Waals surface area (Å²) in [4.78, 5) is 15.3. The number of nitrogens with zero attached hydrogens (tertiary/aromatic N) is 1. The molecule has 3 nitrogen and oxygen atoms in total. The van der Waals surface area contributed by atoms with Crippen molar-refractivity contribution in [3.05, 3.63) is 35.9 Å². The quantitative estimate of drug-likeness (QED) is 0.458. The molecule has 90 valence electrons. The maximum Gasteiger partial charge on any atom is 0.220 e. The molecule has 0 aromatic heterocycles. The van der Waals surface area contributed by atoms with Crippen LogP contribution in [0.3, 0.4) is 0 Å². The average molecular weight is 248 g/mol. The van der Waals surface area contributed by atoms with E-state index in [-0.39, 0.29) is 5.91 Å². The zero-order chi connectivity index (χ0) is 12.3. The Kier molecular flexibility index (Phi) is 6.87. The summed E-state index contributed by atoms with van der Waals surface area (Å²) in [5, 5.41) is 5.19. The minimum atomic E-state index is 0.0835. The number of carbonyl (C=O) groups excluding carboxylic acids is 1. The molecule has 0 saturated carbocycles. The lowest BCUT2D eigenvalue weighted by Crippen LogP contribution is -2.22. The second kappa shape index (κ2) is 8.62. The summed E-state index contributed by atoms with van der Waals surface area (Å²) >= 11 is 4.45. The third-order valence-electron chi connectivity index (χ3n) is 2.32. The second-order valence-electron chi connectivity index (χ2n) is 3.69. The molecule has 0 aliphatic heterocycles. The van der Waals surface area contributed by atoms with Crippen LogP contribution in [-0.2, 0) is 11.3 Å². The standard InChI is InChI=1S/C13H16N2OS/c16-13(8-4-5-9-14-11-17)15-10-12-6-2-1-3-7-12/h1-3,6-7H,4-5,8-10H2,(H,15,16). The minimum absolute atomic E-state index is 0.0835. The molecule has 1 rings (SSSR count). The Morgan fingerprint density at radius 1 is 1.29 bits per heavy atom. The highest BCUT2D eigenvalue weighted by molar-refractivity contribution is 7.78. The van der Waals surface area contributed by atoms with E-state index in [2.05, 4.69) is 27.7 Å². The molecule has 0 heterocycles. The summed E-state index contributed by atoms with van der Waals surface area (Å²) < 4.78 is 0. The van der Waals surface area contributed by atoms with Crippen LogP contribution < -0.4 is 5.32 Å². The third kappa shape index (κ3) is 6.61. The molecule has 0 unspecified atom stereocenters. The fraction of sp³-hybridized carbons (Fsp3) is 0.385. The van der Waals surface area contributed by atoms with E-state index in [4.69, 9.17) is 0 Å². The molecule has 0 fully saturated rings. The molecule has 1 amide bonds. The van der Waals surface area contributed by atoms with Crippen molar-refractivity contribution in [1.29, 1.82) is 0 Å². The molecule has 0 spiro atoms. The predicted molar refractivity (Wildman–Crippen MR) is 72.0 cm³/mol. The Morgan fingerprint density at radius 2 is 2.06 bits per heavy atom. The van der Waals surface area contributed by atoms with Gasteiger partial charge < -0.3 is 5.32 Å². The highest BCUT2D eigenvalue weighted by atomic mass is 32.1. The van der Waals surface area contributed by atoms with Crippen molar-refractivity contribution in [1.82, 2.24) is 5.32 Å². The Morgan fingerprint density at radius 3 is 2.76 bits per heavy atom. The first-order valence-electron chi connectivity index (χ1n) is 5.67. The van der Waals surface area contributed by atoms with Gasteiger partial charge in [-0.2, -0.15) is 0 Å². The van der Waals surface area contributed by atoms with Crippen LogP contribution in [0, 0.1) is 0 Å². The second-order valence-corrected chi connectivity index (χ2v) is 3.88. The monoisotopic (exact) mass is 248 g/mol. The van der Waals surface area contributed by atoms with Crippen molar-refractivity contribution >= 4 is 23.3 Å². The van der Waals surface area contributed by atoms with Crippen LogP contribution in [0.1, 0.15) is 24.8 Å². The van der Waals surface area contributed by atoms with E-state index in [1.54, 1.807) is 0 Å². The van der Waals surface area contributed by atoms with Gasteiger partial charge in [0.15, 0.2) is 0 Å². The lowest BCUT2D eigenvalue weighted by molar-refractivity contribution is -0.121. The largest absolute Gasteiger partial charge is 0.352 e. The van der Waals surface area contributed by atoms with Gasteiger partial charge in [-0.3, -0.25) is 4.79 Å². The smallest absolute Gasteiger partial charge is 0.220 e. The van der Waals surface area contributed by atoms with Crippen LogP contribution in [0.2, 0.25) is 0 Å². The SMILES string of the molecule is O=C(CCCCN=C=S)NCc1ccccc1. The molecule has 1 aromatic rings. The van der Waals surface area contributed by atoms with Gasteiger partial charge in [0.2, 0.25) is 5.91 Å². The molecule has 17 heavy (non-hydrogen) atoms. The number of thiocarbonyl (C=S) groups is 1. The molecule has 0 aliphatic carbocycles. The fourth-order valence-electron chi connectivity index (χ4n) is 1.41. The van der Waals surface area contributed by atoms with E-state index in [9.17, 15) is 4.79 Å². The van der Waals surface area contributed by atoms with Gasteiger partial charge in [0.1, 0.15) is 0 Å². The predicted octanol–water partition coefficient (Wildman–Crippen LogP) is 2.58. The van der Waals surface area contributed by atoms with Gasteiger partial charge in [0.05, 0.1) is 5.16 Å². The molecule has 0 radical (unpaired) electrons. The van der Waals surface area contributed by atoms with Crippen LogP contribution >= 0.6 is 12.2 Å². The number of unbranched alkanes of at least 4 members (excludes halogenated alkanes) is 1. The first-order chi connectivity index (χ1) is 8.33. The normalized spacial score (nSPS) is 9.41. The van der Waals surface area contributed by atoms with E-state index in [0.29, 0.717) is 19.5 Å². The van der Waals surface area contributed by atoms with Crippen molar-refractivity contribution < 1.29 is 4.79 Å². The number of hydrogen-bond acceptors (Lipinski definition) is 3. The molecule has 0 bridgehead atoms. The number of rotatable bonds is 7. The molecule has 0 atom stereocenters. The van der Waals surface area contributed by atoms with Crippen LogP contribution in [0.15, 0.2) is 35.3 Å². The van der Waals surface area contributed by atoms with Gasteiger partial charge in [0, 0.05) is 19.5 Å². The Hall–Kier alpha value is -1.51. The maximum atomic E-state index is 11.5. The molecular formula is C13H16N2OS. The highest BCUT2D eigenvalue weighted by Crippen LogP contribution is 1.99. The Labute approximate surface area is 107 Å². The van der Waals surface area contributed by atoms with E-state index in [0.717, 1.165) is 18.4 Å². The molecule has 4 heteroatoms. The molecule has 1 aromatic carbocycles. The highest BCUT2D eigenvalue weighted by Gasteiger charge is 2.00. The minimum Gasteiger partial charge on any atom is -0.352 e. The van der Waals surface area contributed by atoms with Gasteiger partial charge in [-0.25, -0.2) is 4.99 Å². The zero-order valence-corrected chi connectivity index (χ0v) is 10.5. The molecular weight excluding hydrogens is 232 g/mol. The number of hydrogen-bond donors (Lipinski definition) is 1. The fourth-order valence-corrected chi connectivity index (χ4v) is 1.50. The van der Waals surface area contributed by atoms with Crippen molar-refractivity contribution in [3.8, 4) is 0 Å². The van der Waals surface area contributed by atoms with Gasteiger partial charge in [0.25, 0.3) is 0 Å². The molecule has 0 saturated heterocycles. The van der Waals surface area contributed by atoms with Crippen LogP contribution in [-0.4, -0.2) is 17.6 Å². The molecule has 1 N–H and O–H groups in total. The summed E-state index contributed by atoms with van der Waals surface area (Å²) in [7, 11) is 0. The number of aliphatic imine (C=N–C) groups is 1. The maximum absolute atomic E-state index is 11.5. The summed E-state index contributed by atoms with van der Waals surface area (Å²) in [6.45, 7) is 1.26. The summed E-state index contributed by atoms with van der Waals surface area (Å²) in [6, 6.07) is 9.88. The average Bonchev–Trinajstić information content (AvgIpc) is 2.37. The lowest BCUT2D eigenvalue weighted by Gasteiger charge is -2.04. The van der Waals surface area contributed by atoms with E-state index >= 15 is 0 Å². The Bertz CT molecular complexity index is 386. The van der Waals surface area contributed by atoms with Crippen molar-refractivity contribution in [3.63, 3.8) is 0 Å². The van der Waals surface area contributed by atoms with Crippen LogP contribution in [0.5, 0.6) is 0 Å². The summed E-state index contributed by atoms with van der Waals surface area (Å²) in [5.74, 6) is 0.0835. The van der Waals surface area contributed by atoms with E-state index in [1.165, 1.54) is 0 Å². The Balaban J connectivity index is 2.11.